The van der Waals surface area contributed by atoms with Crippen LogP contribution in [0.15, 0.2) is 47.7 Å². The maximum absolute atomic E-state index is 12.2. The number of benzene rings is 1. The first-order valence-electron chi connectivity index (χ1n) is 11.8. The summed E-state index contributed by atoms with van der Waals surface area (Å²) in [5.41, 5.74) is 1.81. The Kier molecular flexibility index (Phi) is 9.56. The fraction of sp³-hybridized carbons (Fsp3) is 0.542. The average Bonchev–Trinajstić information content (AvgIpc) is 3.31. The van der Waals surface area contributed by atoms with Crippen LogP contribution in [-0.4, -0.2) is 58.8 Å². The van der Waals surface area contributed by atoms with E-state index in [-0.39, 0.29) is 12.5 Å². The van der Waals surface area contributed by atoms with Crippen LogP contribution < -0.4 is 16.0 Å². The molecule has 174 valence electrons. The van der Waals surface area contributed by atoms with Crippen molar-refractivity contribution in [2.45, 2.75) is 58.7 Å². The number of guanidine groups is 1. The molecule has 1 aromatic carbocycles. The van der Waals surface area contributed by atoms with Gasteiger partial charge >= 0.3 is 0 Å². The van der Waals surface area contributed by atoms with Gasteiger partial charge in [-0.2, -0.15) is 5.10 Å². The molecule has 0 saturated carbocycles. The lowest BCUT2D eigenvalue weighted by atomic mass is 10.0. The van der Waals surface area contributed by atoms with Gasteiger partial charge in [0.1, 0.15) is 6.54 Å². The number of aliphatic imine (C=N–C) groups is 1. The molecule has 2 heterocycles. The predicted molar refractivity (Wildman–Crippen MR) is 130 cm³/mol. The molecule has 0 bridgehead atoms. The summed E-state index contributed by atoms with van der Waals surface area (Å²) in [7, 11) is 0. The molecule has 0 spiro atoms. The first kappa shape index (κ1) is 23.8. The van der Waals surface area contributed by atoms with Crippen molar-refractivity contribution in [3.05, 3.63) is 48.3 Å². The zero-order valence-corrected chi connectivity index (χ0v) is 19.4. The number of amides is 1. The van der Waals surface area contributed by atoms with Gasteiger partial charge in [-0.25, -0.2) is 4.99 Å². The van der Waals surface area contributed by atoms with Gasteiger partial charge in [-0.3, -0.25) is 14.4 Å². The molecule has 32 heavy (non-hydrogen) atoms. The maximum atomic E-state index is 12.2. The topological polar surface area (TPSA) is 86.6 Å². The molecule has 8 nitrogen and oxygen atoms in total. The van der Waals surface area contributed by atoms with Crippen LogP contribution in [0.25, 0.3) is 0 Å². The number of carbonyl (C=O) groups is 1. The number of aromatic nitrogens is 2. The van der Waals surface area contributed by atoms with Gasteiger partial charge in [-0.15, -0.1) is 0 Å². The molecular formula is C24H37N7O. The summed E-state index contributed by atoms with van der Waals surface area (Å²) in [4.78, 5) is 19.6. The summed E-state index contributed by atoms with van der Waals surface area (Å²) in [5.74, 6) is 0.720. The van der Waals surface area contributed by atoms with Gasteiger partial charge in [0.15, 0.2) is 5.96 Å². The molecular weight excluding hydrogens is 402 g/mol. The van der Waals surface area contributed by atoms with Crippen molar-refractivity contribution in [3.63, 3.8) is 0 Å². The maximum Gasteiger partial charge on any atom is 0.246 e. The molecule has 2 aromatic rings. The molecule has 1 atom stereocenters. The predicted octanol–water partition coefficient (Wildman–Crippen LogP) is 2.84. The highest BCUT2D eigenvalue weighted by molar-refractivity contribution is 5.90. The molecule has 1 amide bonds. The summed E-state index contributed by atoms with van der Waals surface area (Å²) in [6, 6.07) is 10.3. The van der Waals surface area contributed by atoms with E-state index >= 15 is 0 Å². The van der Waals surface area contributed by atoms with Crippen LogP contribution in [0.4, 0.5) is 5.69 Å². The molecule has 0 radical (unpaired) electrons. The van der Waals surface area contributed by atoms with E-state index in [4.69, 9.17) is 4.99 Å². The fourth-order valence-electron chi connectivity index (χ4n) is 4.14. The van der Waals surface area contributed by atoms with Gasteiger partial charge in [-0.05, 0) is 56.5 Å². The van der Waals surface area contributed by atoms with Gasteiger partial charge < -0.3 is 16.0 Å². The van der Waals surface area contributed by atoms with Gasteiger partial charge in [-0.1, -0.05) is 25.5 Å². The van der Waals surface area contributed by atoms with Crippen LogP contribution in [0.2, 0.25) is 0 Å². The van der Waals surface area contributed by atoms with Gasteiger partial charge in [0.05, 0.1) is 6.54 Å². The van der Waals surface area contributed by atoms with E-state index < -0.39 is 0 Å². The van der Waals surface area contributed by atoms with Crippen molar-refractivity contribution < 1.29 is 4.79 Å². The molecule has 1 aromatic heterocycles. The van der Waals surface area contributed by atoms with Crippen molar-refractivity contribution in [2.24, 2.45) is 4.99 Å². The van der Waals surface area contributed by atoms with Gasteiger partial charge in [0.2, 0.25) is 5.91 Å². The Hall–Kier alpha value is -2.87. The first-order chi connectivity index (χ1) is 15.7. The third-order valence-electron chi connectivity index (χ3n) is 5.75. The standard InChI is InChI=1S/C24H37N7O/c1-3-22-11-5-6-14-30(22)16-13-26-24(25-4-2)27-18-20-9-7-10-21(17-20)29-23(32)19-31-15-8-12-28-31/h7-10,12,15,17,22H,3-6,11,13-14,16,18-19H2,1-2H3,(H,29,32)(H2,25,26,27). The quantitative estimate of drug-likeness (QED) is 0.391. The SMILES string of the molecule is CCNC(=NCc1cccc(NC(=O)Cn2cccn2)c1)NCCN1CCCCC1CC. The summed E-state index contributed by atoms with van der Waals surface area (Å²) in [6.07, 6.45) is 8.64. The van der Waals surface area contributed by atoms with Crippen molar-refractivity contribution in [1.82, 2.24) is 25.3 Å². The Labute approximate surface area is 191 Å². The summed E-state index contributed by atoms with van der Waals surface area (Å²) in [5, 5.41) is 13.8. The zero-order chi connectivity index (χ0) is 22.6. The normalized spacial score (nSPS) is 17.2. The highest BCUT2D eigenvalue weighted by Gasteiger charge is 2.19. The van der Waals surface area contributed by atoms with E-state index in [1.54, 1.807) is 23.1 Å². The molecule has 1 saturated heterocycles. The Morgan fingerprint density at radius 3 is 2.91 bits per heavy atom. The highest BCUT2D eigenvalue weighted by Crippen LogP contribution is 2.18. The number of nitrogens with one attached hydrogen (secondary N) is 3. The summed E-state index contributed by atoms with van der Waals surface area (Å²) >= 11 is 0. The number of carbonyl (C=O) groups excluding carboxylic acids is 1. The zero-order valence-electron chi connectivity index (χ0n) is 19.4. The molecule has 1 aliphatic heterocycles. The number of anilines is 1. The lowest BCUT2D eigenvalue weighted by Crippen LogP contribution is -2.45. The van der Waals surface area contributed by atoms with E-state index in [9.17, 15) is 4.79 Å². The van der Waals surface area contributed by atoms with E-state index in [2.05, 4.69) is 39.8 Å². The molecule has 0 aliphatic carbocycles. The largest absolute Gasteiger partial charge is 0.357 e. The van der Waals surface area contributed by atoms with E-state index in [0.29, 0.717) is 6.54 Å². The third-order valence-corrected chi connectivity index (χ3v) is 5.75. The second kappa shape index (κ2) is 12.9. The molecule has 3 rings (SSSR count). The molecule has 8 heteroatoms. The minimum Gasteiger partial charge on any atom is -0.357 e. The van der Waals surface area contributed by atoms with E-state index in [0.717, 1.165) is 42.9 Å². The van der Waals surface area contributed by atoms with E-state index in [1.807, 2.05) is 24.3 Å². The molecule has 1 unspecified atom stereocenters. The Morgan fingerprint density at radius 2 is 2.12 bits per heavy atom. The number of nitrogens with zero attached hydrogens (tertiary/aromatic N) is 4. The minimum absolute atomic E-state index is 0.104. The number of hydrogen-bond acceptors (Lipinski definition) is 4. The summed E-state index contributed by atoms with van der Waals surface area (Å²) < 4.78 is 1.60. The Bertz CT molecular complexity index is 850. The van der Waals surface area contributed by atoms with Crippen molar-refractivity contribution in [1.29, 1.82) is 0 Å². The number of piperidine rings is 1. The van der Waals surface area contributed by atoms with Crippen LogP contribution in [0.5, 0.6) is 0 Å². The smallest absolute Gasteiger partial charge is 0.246 e. The average molecular weight is 440 g/mol. The van der Waals surface area contributed by atoms with Crippen LogP contribution in [0.3, 0.4) is 0 Å². The molecule has 3 N–H and O–H groups in total. The van der Waals surface area contributed by atoms with Crippen LogP contribution in [0, 0.1) is 0 Å². The van der Waals surface area contributed by atoms with Gasteiger partial charge in [0, 0.05) is 43.8 Å². The lowest BCUT2D eigenvalue weighted by molar-refractivity contribution is -0.116. The van der Waals surface area contributed by atoms with Crippen LogP contribution >= 0.6 is 0 Å². The minimum atomic E-state index is -0.104. The summed E-state index contributed by atoms with van der Waals surface area (Å²) in [6.45, 7) is 9.04. The van der Waals surface area contributed by atoms with Crippen LogP contribution in [-0.2, 0) is 17.9 Å². The fourth-order valence-corrected chi connectivity index (χ4v) is 4.14. The Morgan fingerprint density at radius 1 is 1.22 bits per heavy atom. The second-order valence-corrected chi connectivity index (χ2v) is 8.17. The highest BCUT2D eigenvalue weighted by atomic mass is 16.2. The van der Waals surface area contributed by atoms with Crippen molar-refractivity contribution in [2.75, 3.05) is 31.5 Å². The second-order valence-electron chi connectivity index (χ2n) is 8.17. The lowest BCUT2D eigenvalue weighted by Gasteiger charge is -2.35. The monoisotopic (exact) mass is 439 g/mol. The van der Waals surface area contributed by atoms with Crippen LogP contribution in [0.1, 0.15) is 45.1 Å². The molecule has 1 fully saturated rings. The first-order valence-corrected chi connectivity index (χ1v) is 11.8. The number of likely N-dealkylation sites (tertiary alicyclic amines) is 1. The molecule has 1 aliphatic rings. The number of rotatable bonds is 10. The number of hydrogen-bond donors (Lipinski definition) is 3. The van der Waals surface area contributed by atoms with Crippen molar-refractivity contribution >= 4 is 17.6 Å². The third kappa shape index (κ3) is 7.67. The van der Waals surface area contributed by atoms with E-state index in [1.165, 1.54) is 32.2 Å². The van der Waals surface area contributed by atoms with Gasteiger partial charge in [0.25, 0.3) is 0 Å². The van der Waals surface area contributed by atoms with Crippen molar-refractivity contribution in [3.8, 4) is 0 Å². The Balaban J connectivity index is 1.50.